The van der Waals surface area contributed by atoms with Crippen molar-refractivity contribution in [1.82, 2.24) is 10.2 Å². The molecule has 7 nitrogen and oxygen atoms in total. The quantitative estimate of drug-likeness (QED) is 0.577. The number of methoxy groups -OCH3 is 2. The number of ether oxygens (including phenoxy) is 2. The fourth-order valence-corrected chi connectivity index (χ4v) is 4.36. The summed E-state index contributed by atoms with van der Waals surface area (Å²) in [5.41, 5.74) is 1.18. The third-order valence-electron chi connectivity index (χ3n) is 6.14. The number of nitrogens with one attached hydrogen (secondary N) is 1. The average Bonchev–Trinajstić information content (AvgIpc) is 3.34. The first-order valence-electron chi connectivity index (χ1n) is 11.0. The predicted octanol–water partition coefficient (Wildman–Crippen LogP) is 3.53. The maximum Gasteiger partial charge on any atom is 0.258 e. The summed E-state index contributed by atoms with van der Waals surface area (Å²) < 4.78 is 10.6. The molecular formula is C26H28N2O5. The lowest BCUT2D eigenvalue weighted by atomic mass is 10.0. The van der Waals surface area contributed by atoms with E-state index < -0.39 is 6.04 Å². The van der Waals surface area contributed by atoms with Gasteiger partial charge in [0.1, 0.15) is 23.3 Å². The number of hydrogen-bond donors (Lipinski definition) is 2. The van der Waals surface area contributed by atoms with Crippen molar-refractivity contribution in [2.45, 2.75) is 25.3 Å². The van der Waals surface area contributed by atoms with E-state index in [4.69, 9.17) is 9.47 Å². The smallest absolute Gasteiger partial charge is 0.258 e. The van der Waals surface area contributed by atoms with Crippen LogP contribution < -0.4 is 14.8 Å². The number of likely N-dealkylation sites (tertiary alicyclic amines) is 1. The molecule has 0 aromatic heterocycles. The van der Waals surface area contributed by atoms with Crippen LogP contribution in [-0.2, 0) is 11.2 Å². The molecule has 1 aliphatic heterocycles. The summed E-state index contributed by atoms with van der Waals surface area (Å²) >= 11 is 0. The van der Waals surface area contributed by atoms with Gasteiger partial charge in [-0.25, -0.2) is 0 Å². The standard InChI is InChI=1S/C26H28N2O5/c1-32-19-11-9-18(23(16-19)33-2)13-14-27-25(30)22-8-5-15-28(22)26(31)21-12-10-17-6-3-4-7-20(17)24(21)29/h3-4,6-7,9-12,16,22,29H,5,8,13-15H2,1-2H3,(H,27,30). The highest BCUT2D eigenvalue weighted by molar-refractivity contribution is 6.05. The third-order valence-corrected chi connectivity index (χ3v) is 6.14. The maximum atomic E-state index is 13.2. The van der Waals surface area contributed by atoms with Gasteiger partial charge in [-0.2, -0.15) is 0 Å². The maximum absolute atomic E-state index is 13.2. The molecule has 7 heteroatoms. The van der Waals surface area contributed by atoms with E-state index >= 15 is 0 Å². The van der Waals surface area contributed by atoms with Crippen LogP contribution in [0.25, 0.3) is 10.8 Å². The first-order chi connectivity index (χ1) is 16.0. The van der Waals surface area contributed by atoms with Gasteiger partial charge in [0.2, 0.25) is 5.91 Å². The van der Waals surface area contributed by atoms with Crippen molar-refractivity contribution < 1.29 is 24.2 Å². The molecule has 3 aromatic rings. The van der Waals surface area contributed by atoms with Crippen molar-refractivity contribution >= 4 is 22.6 Å². The van der Waals surface area contributed by atoms with Crippen molar-refractivity contribution in [2.24, 2.45) is 0 Å². The molecule has 4 rings (SSSR count). The van der Waals surface area contributed by atoms with Gasteiger partial charge in [-0.1, -0.05) is 36.4 Å². The molecule has 0 saturated carbocycles. The molecule has 2 amide bonds. The van der Waals surface area contributed by atoms with Crippen molar-refractivity contribution in [3.05, 3.63) is 65.7 Å². The zero-order valence-electron chi connectivity index (χ0n) is 18.8. The second kappa shape index (κ2) is 9.81. The van der Waals surface area contributed by atoms with E-state index in [1.165, 1.54) is 0 Å². The molecule has 0 bridgehead atoms. The Morgan fingerprint density at radius 3 is 2.70 bits per heavy atom. The molecule has 1 aliphatic rings. The molecular weight excluding hydrogens is 420 g/mol. The Morgan fingerprint density at radius 1 is 1.09 bits per heavy atom. The minimum Gasteiger partial charge on any atom is -0.506 e. The fraction of sp³-hybridized carbons (Fsp3) is 0.308. The summed E-state index contributed by atoms with van der Waals surface area (Å²) in [7, 11) is 3.20. The minimum atomic E-state index is -0.555. The van der Waals surface area contributed by atoms with Gasteiger partial charge >= 0.3 is 0 Å². The summed E-state index contributed by atoms with van der Waals surface area (Å²) in [4.78, 5) is 27.7. The number of carbonyl (C=O) groups excluding carboxylic acids is 2. The Bertz CT molecular complexity index is 1180. The van der Waals surface area contributed by atoms with Gasteiger partial charge in [-0.15, -0.1) is 0 Å². The summed E-state index contributed by atoms with van der Waals surface area (Å²) in [5, 5.41) is 15.1. The van der Waals surface area contributed by atoms with E-state index in [2.05, 4.69) is 5.32 Å². The summed E-state index contributed by atoms with van der Waals surface area (Å²) in [6.07, 6.45) is 1.92. The highest BCUT2D eigenvalue weighted by Gasteiger charge is 2.35. The number of fused-ring (bicyclic) bond motifs is 1. The number of carbonyl (C=O) groups is 2. The molecule has 1 fully saturated rings. The second-order valence-corrected chi connectivity index (χ2v) is 8.06. The zero-order chi connectivity index (χ0) is 23.4. The summed E-state index contributed by atoms with van der Waals surface area (Å²) in [6.45, 7) is 0.900. The number of hydrogen-bond acceptors (Lipinski definition) is 5. The Kier molecular flexibility index (Phi) is 6.68. The van der Waals surface area contributed by atoms with E-state index in [0.29, 0.717) is 42.8 Å². The lowest BCUT2D eigenvalue weighted by Gasteiger charge is -2.24. The van der Waals surface area contributed by atoms with Crippen LogP contribution >= 0.6 is 0 Å². The van der Waals surface area contributed by atoms with Gasteiger partial charge in [0.25, 0.3) is 5.91 Å². The monoisotopic (exact) mass is 448 g/mol. The molecule has 0 spiro atoms. The summed E-state index contributed by atoms with van der Waals surface area (Å²) in [6, 6.07) is 15.8. The number of rotatable bonds is 7. The van der Waals surface area contributed by atoms with Gasteiger partial charge in [0.05, 0.1) is 19.8 Å². The van der Waals surface area contributed by atoms with Crippen molar-refractivity contribution in [3.63, 3.8) is 0 Å². The van der Waals surface area contributed by atoms with E-state index in [-0.39, 0.29) is 23.1 Å². The highest BCUT2D eigenvalue weighted by atomic mass is 16.5. The van der Waals surface area contributed by atoms with Crippen LogP contribution in [0.15, 0.2) is 54.6 Å². The van der Waals surface area contributed by atoms with Crippen molar-refractivity contribution in [1.29, 1.82) is 0 Å². The number of phenols is 1. The Labute approximate surface area is 192 Å². The SMILES string of the molecule is COc1ccc(CCNC(=O)C2CCCN2C(=O)c2ccc3ccccc3c2O)c(OC)c1. The Hall–Kier alpha value is -3.74. The molecule has 0 radical (unpaired) electrons. The van der Waals surface area contributed by atoms with Gasteiger partial charge in [0.15, 0.2) is 0 Å². The largest absolute Gasteiger partial charge is 0.506 e. The number of benzene rings is 3. The molecule has 1 heterocycles. The van der Waals surface area contributed by atoms with Crippen LogP contribution in [0.1, 0.15) is 28.8 Å². The minimum absolute atomic E-state index is 0.0456. The average molecular weight is 449 g/mol. The van der Waals surface area contributed by atoms with Crippen LogP contribution in [-0.4, -0.2) is 55.2 Å². The van der Waals surface area contributed by atoms with E-state index in [0.717, 1.165) is 17.4 Å². The molecule has 0 aliphatic carbocycles. The van der Waals surface area contributed by atoms with Gasteiger partial charge < -0.3 is 24.8 Å². The second-order valence-electron chi connectivity index (χ2n) is 8.06. The molecule has 33 heavy (non-hydrogen) atoms. The van der Waals surface area contributed by atoms with Crippen LogP contribution in [0.3, 0.4) is 0 Å². The van der Waals surface area contributed by atoms with E-state index in [1.54, 1.807) is 31.3 Å². The Morgan fingerprint density at radius 2 is 1.91 bits per heavy atom. The first kappa shape index (κ1) is 22.5. The molecule has 172 valence electrons. The van der Waals surface area contributed by atoms with Crippen LogP contribution in [0, 0.1) is 0 Å². The molecule has 1 unspecified atom stereocenters. The van der Waals surface area contributed by atoms with Crippen molar-refractivity contribution in [2.75, 3.05) is 27.3 Å². The molecule has 2 N–H and O–H groups in total. The molecule has 3 aromatic carbocycles. The number of phenolic OH excluding ortho intramolecular Hbond substituents is 1. The van der Waals surface area contributed by atoms with Gasteiger partial charge in [-0.05, 0) is 42.3 Å². The lowest BCUT2D eigenvalue weighted by molar-refractivity contribution is -0.124. The van der Waals surface area contributed by atoms with Crippen LogP contribution in [0.4, 0.5) is 0 Å². The summed E-state index contributed by atoms with van der Waals surface area (Å²) in [5.74, 6) is 0.849. The Balaban J connectivity index is 1.42. The highest BCUT2D eigenvalue weighted by Crippen LogP contribution is 2.31. The van der Waals surface area contributed by atoms with Crippen LogP contribution in [0.2, 0.25) is 0 Å². The predicted molar refractivity (Wildman–Crippen MR) is 126 cm³/mol. The molecule has 1 atom stereocenters. The fourth-order valence-electron chi connectivity index (χ4n) is 4.36. The molecule has 1 saturated heterocycles. The van der Waals surface area contributed by atoms with Crippen molar-refractivity contribution in [3.8, 4) is 17.2 Å². The first-order valence-corrected chi connectivity index (χ1v) is 11.0. The number of amides is 2. The topological polar surface area (TPSA) is 88.1 Å². The van der Waals surface area contributed by atoms with E-state index in [9.17, 15) is 14.7 Å². The normalized spacial score (nSPS) is 15.5. The number of nitrogens with zero attached hydrogens (tertiary/aromatic N) is 1. The third kappa shape index (κ3) is 4.58. The lowest BCUT2D eigenvalue weighted by Crippen LogP contribution is -2.46. The number of aromatic hydroxyl groups is 1. The zero-order valence-corrected chi connectivity index (χ0v) is 18.8. The van der Waals surface area contributed by atoms with Gasteiger partial charge in [-0.3, -0.25) is 9.59 Å². The van der Waals surface area contributed by atoms with Crippen LogP contribution in [0.5, 0.6) is 17.2 Å². The van der Waals surface area contributed by atoms with E-state index in [1.807, 2.05) is 42.5 Å². The van der Waals surface area contributed by atoms with Gasteiger partial charge in [0, 0.05) is 24.5 Å².